The van der Waals surface area contributed by atoms with Crippen molar-refractivity contribution in [3.63, 3.8) is 0 Å². The molecule has 1 heterocycles. The number of carbonyl (C=O) groups excluding carboxylic acids is 1. The lowest BCUT2D eigenvalue weighted by atomic mass is 10.1. The van der Waals surface area contributed by atoms with Gasteiger partial charge >= 0.3 is 5.97 Å². The first-order valence-corrected chi connectivity index (χ1v) is 7.80. The van der Waals surface area contributed by atoms with Gasteiger partial charge < -0.3 is 25.7 Å². The molecule has 1 aromatic carbocycles. The van der Waals surface area contributed by atoms with Gasteiger partial charge in [-0.3, -0.25) is 4.79 Å². The van der Waals surface area contributed by atoms with E-state index >= 15 is 0 Å². The number of anilines is 2. The van der Waals surface area contributed by atoms with E-state index in [1.807, 2.05) is 6.07 Å². The molecule has 9 nitrogen and oxygen atoms in total. The number of nitrogens with two attached hydrogens (primary N) is 2. The van der Waals surface area contributed by atoms with Gasteiger partial charge in [0.15, 0.2) is 11.5 Å². The van der Waals surface area contributed by atoms with Crippen molar-refractivity contribution < 1.29 is 19.0 Å². The van der Waals surface area contributed by atoms with E-state index < -0.39 is 0 Å². The number of nitriles is 1. The van der Waals surface area contributed by atoms with Crippen LogP contribution in [0.15, 0.2) is 18.2 Å². The van der Waals surface area contributed by atoms with Crippen LogP contribution in [0.2, 0.25) is 0 Å². The Hall–Kier alpha value is -3.54. The second-order valence-electron chi connectivity index (χ2n) is 5.04. The molecule has 4 N–H and O–H groups in total. The average molecular weight is 357 g/mol. The number of aromatic nitrogens is 2. The Morgan fingerprint density at radius 1 is 1.31 bits per heavy atom. The first kappa shape index (κ1) is 18.8. The molecule has 0 aliphatic heterocycles. The SMILES string of the molecule is CCOC(=O)CCOc1c(OC)cccc1-c1nc(N)nc(N)c1C#N. The molecule has 0 fully saturated rings. The van der Waals surface area contributed by atoms with Crippen molar-refractivity contribution in [2.24, 2.45) is 0 Å². The highest BCUT2D eigenvalue weighted by Gasteiger charge is 2.20. The molecular formula is C17H19N5O4. The third-order valence-electron chi connectivity index (χ3n) is 3.38. The van der Waals surface area contributed by atoms with E-state index in [2.05, 4.69) is 9.97 Å². The Morgan fingerprint density at radius 3 is 2.73 bits per heavy atom. The molecule has 0 spiro atoms. The van der Waals surface area contributed by atoms with E-state index in [9.17, 15) is 10.1 Å². The second kappa shape index (κ2) is 8.53. The number of methoxy groups -OCH3 is 1. The number of esters is 1. The molecule has 2 rings (SSSR count). The molecule has 0 saturated carbocycles. The highest BCUT2D eigenvalue weighted by molar-refractivity contribution is 5.79. The number of hydrogen-bond donors (Lipinski definition) is 2. The van der Waals surface area contributed by atoms with Gasteiger partial charge in [-0.15, -0.1) is 0 Å². The summed E-state index contributed by atoms with van der Waals surface area (Å²) in [4.78, 5) is 19.4. The zero-order chi connectivity index (χ0) is 19.1. The van der Waals surface area contributed by atoms with Crippen LogP contribution in [0.5, 0.6) is 11.5 Å². The summed E-state index contributed by atoms with van der Waals surface area (Å²) in [5.41, 5.74) is 12.2. The van der Waals surface area contributed by atoms with E-state index in [0.29, 0.717) is 23.7 Å². The maximum atomic E-state index is 11.5. The fourth-order valence-corrected chi connectivity index (χ4v) is 2.28. The molecule has 0 atom stereocenters. The van der Waals surface area contributed by atoms with Crippen LogP contribution in [0, 0.1) is 11.3 Å². The topological polar surface area (TPSA) is 146 Å². The number of nitrogen functional groups attached to an aromatic ring is 2. The van der Waals surface area contributed by atoms with Gasteiger partial charge in [0.2, 0.25) is 5.95 Å². The maximum Gasteiger partial charge on any atom is 0.309 e. The monoisotopic (exact) mass is 357 g/mol. The van der Waals surface area contributed by atoms with Crippen LogP contribution in [0.1, 0.15) is 18.9 Å². The number of para-hydroxylation sites is 1. The summed E-state index contributed by atoms with van der Waals surface area (Å²) in [5, 5.41) is 9.39. The lowest BCUT2D eigenvalue weighted by Gasteiger charge is -2.16. The minimum absolute atomic E-state index is 0.0321. The fraction of sp³-hybridized carbons (Fsp3) is 0.294. The maximum absolute atomic E-state index is 11.5. The van der Waals surface area contributed by atoms with Crippen LogP contribution in [0.3, 0.4) is 0 Å². The van der Waals surface area contributed by atoms with Crippen molar-refractivity contribution in [3.05, 3.63) is 23.8 Å². The molecule has 0 radical (unpaired) electrons. The number of benzene rings is 1. The van der Waals surface area contributed by atoms with E-state index in [4.69, 9.17) is 25.7 Å². The number of hydrogen-bond acceptors (Lipinski definition) is 9. The van der Waals surface area contributed by atoms with Gasteiger partial charge in [0, 0.05) is 5.56 Å². The highest BCUT2D eigenvalue weighted by atomic mass is 16.5. The van der Waals surface area contributed by atoms with Crippen molar-refractivity contribution in [3.8, 4) is 28.8 Å². The molecule has 2 aromatic rings. The van der Waals surface area contributed by atoms with Crippen LogP contribution in [-0.4, -0.2) is 36.3 Å². The third kappa shape index (κ3) is 4.10. The predicted molar refractivity (Wildman–Crippen MR) is 94.3 cm³/mol. The Balaban J connectivity index is 2.44. The third-order valence-corrected chi connectivity index (χ3v) is 3.38. The largest absolute Gasteiger partial charge is 0.493 e. The number of nitrogens with zero attached hydrogens (tertiary/aromatic N) is 3. The van der Waals surface area contributed by atoms with Crippen LogP contribution in [-0.2, 0) is 9.53 Å². The first-order chi connectivity index (χ1) is 12.5. The summed E-state index contributed by atoms with van der Waals surface area (Å²) in [7, 11) is 1.48. The zero-order valence-corrected chi connectivity index (χ0v) is 14.5. The molecule has 0 aliphatic rings. The molecule has 136 valence electrons. The summed E-state index contributed by atoms with van der Waals surface area (Å²) in [6.45, 7) is 2.08. The highest BCUT2D eigenvalue weighted by Crippen LogP contribution is 2.39. The van der Waals surface area contributed by atoms with E-state index in [1.165, 1.54) is 7.11 Å². The molecule has 0 aliphatic carbocycles. The van der Waals surface area contributed by atoms with E-state index in [-0.39, 0.29) is 42.0 Å². The van der Waals surface area contributed by atoms with Crippen molar-refractivity contribution in [1.82, 2.24) is 9.97 Å². The second-order valence-corrected chi connectivity index (χ2v) is 5.04. The summed E-state index contributed by atoms with van der Waals surface area (Å²) < 4.78 is 15.9. The number of carbonyl (C=O) groups is 1. The van der Waals surface area contributed by atoms with Crippen LogP contribution in [0.25, 0.3) is 11.3 Å². The molecule has 0 saturated heterocycles. The van der Waals surface area contributed by atoms with Crippen molar-refractivity contribution >= 4 is 17.7 Å². The van der Waals surface area contributed by atoms with Crippen molar-refractivity contribution in [1.29, 1.82) is 5.26 Å². The van der Waals surface area contributed by atoms with Gasteiger partial charge in [0.25, 0.3) is 0 Å². The van der Waals surface area contributed by atoms with E-state index in [0.717, 1.165) is 0 Å². The Kier molecular flexibility index (Phi) is 6.16. The Morgan fingerprint density at radius 2 is 2.08 bits per heavy atom. The summed E-state index contributed by atoms with van der Waals surface area (Å²) in [5.74, 6) is 0.239. The van der Waals surface area contributed by atoms with Crippen LogP contribution >= 0.6 is 0 Å². The van der Waals surface area contributed by atoms with Crippen LogP contribution in [0.4, 0.5) is 11.8 Å². The van der Waals surface area contributed by atoms with Gasteiger partial charge in [-0.2, -0.15) is 10.2 Å². The summed E-state index contributed by atoms with van der Waals surface area (Å²) in [6, 6.07) is 7.05. The van der Waals surface area contributed by atoms with Crippen molar-refractivity contribution in [2.45, 2.75) is 13.3 Å². The fourth-order valence-electron chi connectivity index (χ4n) is 2.28. The van der Waals surface area contributed by atoms with Gasteiger partial charge in [0.1, 0.15) is 17.5 Å². The normalized spacial score (nSPS) is 10.0. The molecule has 0 bridgehead atoms. The van der Waals surface area contributed by atoms with Gasteiger partial charge in [0.05, 0.1) is 32.4 Å². The smallest absolute Gasteiger partial charge is 0.309 e. The van der Waals surface area contributed by atoms with Crippen molar-refractivity contribution in [2.75, 3.05) is 31.8 Å². The molecule has 26 heavy (non-hydrogen) atoms. The Bertz CT molecular complexity index is 848. The predicted octanol–water partition coefficient (Wildman–Crippen LogP) is 1.52. The average Bonchev–Trinajstić information content (AvgIpc) is 2.61. The quantitative estimate of drug-likeness (QED) is 0.704. The molecular weight excluding hydrogens is 338 g/mol. The van der Waals surface area contributed by atoms with Gasteiger partial charge in [-0.05, 0) is 19.1 Å². The summed E-state index contributed by atoms with van der Waals surface area (Å²) in [6.07, 6.45) is 0.0600. The molecule has 9 heteroatoms. The number of rotatable bonds is 7. The number of ether oxygens (including phenoxy) is 3. The lowest BCUT2D eigenvalue weighted by molar-refractivity contribution is -0.143. The minimum atomic E-state index is -0.378. The van der Waals surface area contributed by atoms with Crippen LogP contribution < -0.4 is 20.9 Å². The standard InChI is InChI=1S/C17H19N5O4/c1-3-25-13(23)7-8-26-15-10(5-4-6-12(15)24-2)14-11(9-18)16(19)22-17(20)21-14/h4-6H,3,7-8H2,1-2H3,(H4,19,20,21,22). The minimum Gasteiger partial charge on any atom is -0.493 e. The first-order valence-electron chi connectivity index (χ1n) is 7.80. The lowest BCUT2D eigenvalue weighted by Crippen LogP contribution is -2.11. The Labute approximate surface area is 150 Å². The molecule has 0 amide bonds. The van der Waals surface area contributed by atoms with E-state index in [1.54, 1.807) is 25.1 Å². The van der Waals surface area contributed by atoms with Gasteiger partial charge in [-0.25, -0.2) is 4.98 Å². The zero-order valence-electron chi connectivity index (χ0n) is 14.5. The van der Waals surface area contributed by atoms with Gasteiger partial charge in [-0.1, -0.05) is 6.07 Å². The molecule has 1 aromatic heterocycles. The molecule has 0 unspecified atom stereocenters. The summed E-state index contributed by atoms with van der Waals surface area (Å²) >= 11 is 0.